The van der Waals surface area contributed by atoms with Crippen LogP contribution in [0.25, 0.3) is 0 Å². The van der Waals surface area contributed by atoms with Gasteiger partial charge in [0.2, 0.25) is 0 Å². The van der Waals surface area contributed by atoms with Crippen molar-refractivity contribution < 1.29 is 28.8 Å². The van der Waals surface area contributed by atoms with Gasteiger partial charge in [-0.3, -0.25) is 4.99 Å². The number of benzene rings is 2. The van der Waals surface area contributed by atoms with Crippen molar-refractivity contribution in [3.05, 3.63) is 59.7 Å². The first-order valence-electron chi connectivity index (χ1n) is 10.1. The normalized spacial score (nSPS) is 27.1. The van der Waals surface area contributed by atoms with Crippen molar-refractivity contribution in [3.8, 4) is 11.5 Å². The maximum absolute atomic E-state index is 9.96. The number of thioether (sulfide) groups is 1. The van der Waals surface area contributed by atoms with Gasteiger partial charge in [-0.1, -0.05) is 36.0 Å². The lowest BCUT2D eigenvalue weighted by Gasteiger charge is -2.42. The van der Waals surface area contributed by atoms with Crippen LogP contribution in [0.4, 0.5) is 0 Å². The average molecular weight is 445 g/mol. The van der Waals surface area contributed by atoms with Crippen molar-refractivity contribution in [2.75, 3.05) is 20.8 Å². The Morgan fingerprint density at radius 3 is 1.97 bits per heavy atom. The molecule has 5 atom stereocenters. The van der Waals surface area contributed by atoms with Crippen LogP contribution in [0.3, 0.4) is 0 Å². The van der Waals surface area contributed by atoms with Crippen LogP contribution in [0.15, 0.2) is 53.5 Å². The largest absolute Gasteiger partial charge is 0.497 e. The predicted octanol–water partition coefficient (Wildman–Crippen LogP) is 2.91. The second-order valence-electron chi connectivity index (χ2n) is 7.30. The van der Waals surface area contributed by atoms with E-state index in [1.807, 2.05) is 48.5 Å². The van der Waals surface area contributed by atoms with Crippen LogP contribution in [0.1, 0.15) is 11.1 Å². The molecule has 1 radical (unpaired) electrons. The number of aliphatic hydroxyl groups is 1. The topological polar surface area (TPSA) is 78.7 Å². The summed E-state index contributed by atoms with van der Waals surface area (Å²) in [5.74, 6) is 1.58. The molecule has 2 aliphatic rings. The number of ether oxygens (including phenoxy) is 5. The van der Waals surface area contributed by atoms with E-state index in [1.54, 1.807) is 14.2 Å². The number of rotatable bonds is 9. The van der Waals surface area contributed by atoms with E-state index in [9.17, 15) is 5.11 Å². The second kappa shape index (κ2) is 10.5. The quantitative estimate of drug-likeness (QED) is 0.637. The number of aliphatic imine (C=N–C) groups is 1. The van der Waals surface area contributed by atoms with Gasteiger partial charge in [0.05, 0.1) is 34.0 Å². The Kier molecular flexibility index (Phi) is 7.47. The van der Waals surface area contributed by atoms with E-state index in [0.717, 1.165) is 22.6 Å². The van der Waals surface area contributed by atoms with E-state index in [1.165, 1.54) is 11.8 Å². The third-order valence-electron chi connectivity index (χ3n) is 5.37. The molecule has 0 aliphatic carbocycles. The number of fused-ring (bicyclic) bond motifs is 1. The van der Waals surface area contributed by atoms with Crippen molar-refractivity contribution in [1.29, 1.82) is 0 Å². The van der Waals surface area contributed by atoms with Crippen LogP contribution in [-0.4, -0.2) is 61.3 Å². The zero-order valence-electron chi connectivity index (χ0n) is 17.5. The first-order valence-corrected chi connectivity index (χ1v) is 11.0. The van der Waals surface area contributed by atoms with Crippen molar-refractivity contribution in [2.24, 2.45) is 4.99 Å². The molecule has 165 valence electrons. The minimum Gasteiger partial charge on any atom is -0.497 e. The summed E-state index contributed by atoms with van der Waals surface area (Å²) in [6.07, 6.45) is -1.36. The molecule has 7 nitrogen and oxygen atoms in total. The van der Waals surface area contributed by atoms with Crippen molar-refractivity contribution in [2.45, 2.75) is 43.0 Å². The maximum atomic E-state index is 9.96. The Bertz CT molecular complexity index is 859. The van der Waals surface area contributed by atoms with E-state index in [4.69, 9.17) is 23.7 Å². The van der Waals surface area contributed by atoms with Crippen LogP contribution >= 0.6 is 11.8 Å². The molecule has 8 heteroatoms. The standard InChI is InChI=1S/C23H26NO6S/c1-26-17-7-3-15(4-8-17)12-28-21-19(11-25)30-23-20(24-14-31-23)22(21)29-13-16-5-9-18(27-2)10-6-16/h3-10,19-23,25H,11-13H2,1-2H3/t19-,20-,21-,22-,23-/m1/s1. The summed E-state index contributed by atoms with van der Waals surface area (Å²) >= 11 is 1.38. The molecule has 1 saturated heterocycles. The monoisotopic (exact) mass is 444 g/mol. The fourth-order valence-corrected chi connectivity index (χ4v) is 4.48. The van der Waals surface area contributed by atoms with Crippen LogP contribution in [-0.2, 0) is 27.4 Å². The average Bonchev–Trinajstić information content (AvgIpc) is 3.30. The zero-order valence-corrected chi connectivity index (χ0v) is 18.3. The van der Waals surface area contributed by atoms with Crippen LogP contribution in [0.2, 0.25) is 0 Å². The molecule has 2 aromatic rings. The summed E-state index contributed by atoms with van der Waals surface area (Å²) in [4.78, 5) is 4.44. The van der Waals surface area contributed by atoms with Gasteiger partial charge >= 0.3 is 0 Å². The number of aliphatic hydroxyl groups excluding tert-OH is 1. The number of nitrogens with zero attached hydrogens (tertiary/aromatic N) is 1. The summed E-state index contributed by atoms with van der Waals surface area (Å²) in [7, 11) is 3.27. The smallest absolute Gasteiger partial charge is 0.134 e. The van der Waals surface area contributed by atoms with Crippen molar-refractivity contribution in [3.63, 3.8) is 0 Å². The SMILES string of the molecule is COc1ccc(CO[C@@H]2[C@H]3N=[C]S[C@H]3O[C@H](CO)[C@H]2OCc2ccc(OC)cc2)cc1. The van der Waals surface area contributed by atoms with Crippen LogP contribution < -0.4 is 9.47 Å². The third kappa shape index (κ3) is 5.22. The molecule has 0 spiro atoms. The fraction of sp³-hybridized carbons (Fsp3) is 0.435. The molecule has 2 heterocycles. The van der Waals surface area contributed by atoms with Gasteiger partial charge in [0.25, 0.3) is 0 Å². The van der Waals surface area contributed by atoms with Gasteiger partial charge in [-0.25, -0.2) is 0 Å². The molecule has 0 amide bonds. The first kappa shape index (κ1) is 22.1. The highest BCUT2D eigenvalue weighted by atomic mass is 32.2. The molecular weight excluding hydrogens is 418 g/mol. The summed E-state index contributed by atoms with van der Waals surface area (Å²) < 4.78 is 29.0. The van der Waals surface area contributed by atoms with Gasteiger partial charge in [-0.15, -0.1) is 0 Å². The molecule has 2 aromatic carbocycles. The Balaban J connectivity index is 1.47. The molecule has 0 bridgehead atoms. The molecule has 0 unspecified atom stereocenters. The summed E-state index contributed by atoms with van der Waals surface area (Å²) in [6.45, 7) is 0.576. The van der Waals surface area contributed by atoms with Gasteiger partial charge in [0, 0.05) is 0 Å². The molecule has 4 rings (SSSR count). The van der Waals surface area contributed by atoms with E-state index in [2.05, 4.69) is 10.5 Å². The van der Waals surface area contributed by atoms with Gasteiger partial charge in [-0.05, 0) is 35.4 Å². The minimum atomic E-state index is -0.511. The van der Waals surface area contributed by atoms with Crippen LogP contribution in [0.5, 0.6) is 11.5 Å². The molecular formula is C23H26NO6S. The summed E-state index contributed by atoms with van der Waals surface area (Å²) in [6, 6.07) is 15.2. The van der Waals surface area contributed by atoms with Gasteiger partial charge in [0.1, 0.15) is 46.8 Å². The molecule has 0 aromatic heterocycles. The highest BCUT2D eigenvalue weighted by Gasteiger charge is 2.49. The van der Waals surface area contributed by atoms with Crippen molar-refractivity contribution >= 4 is 17.3 Å². The molecule has 1 N–H and O–H groups in total. The van der Waals surface area contributed by atoms with E-state index < -0.39 is 12.2 Å². The highest BCUT2D eigenvalue weighted by molar-refractivity contribution is 8.12. The predicted molar refractivity (Wildman–Crippen MR) is 118 cm³/mol. The summed E-state index contributed by atoms with van der Waals surface area (Å²) in [5.41, 5.74) is 4.69. The third-order valence-corrected chi connectivity index (χ3v) is 6.20. The van der Waals surface area contributed by atoms with Gasteiger partial charge in [0.15, 0.2) is 0 Å². The van der Waals surface area contributed by atoms with E-state index >= 15 is 0 Å². The lowest BCUT2D eigenvalue weighted by atomic mass is 9.97. The Morgan fingerprint density at radius 2 is 1.45 bits per heavy atom. The molecule has 31 heavy (non-hydrogen) atoms. The maximum Gasteiger partial charge on any atom is 0.134 e. The lowest BCUT2D eigenvalue weighted by Crippen LogP contribution is -2.57. The molecule has 1 fully saturated rings. The Hall–Kier alpha value is -2.10. The minimum absolute atomic E-state index is 0.167. The molecule has 0 saturated carbocycles. The van der Waals surface area contributed by atoms with Crippen molar-refractivity contribution in [1.82, 2.24) is 0 Å². The number of hydrogen-bond acceptors (Lipinski definition) is 8. The Labute approximate surface area is 186 Å². The fourth-order valence-electron chi connectivity index (χ4n) is 3.64. The zero-order chi connectivity index (χ0) is 21.6. The van der Waals surface area contributed by atoms with E-state index in [-0.39, 0.29) is 24.2 Å². The highest BCUT2D eigenvalue weighted by Crippen LogP contribution is 2.37. The number of hydrogen-bond donors (Lipinski definition) is 1. The van der Waals surface area contributed by atoms with E-state index in [0.29, 0.717) is 13.2 Å². The first-order chi connectivity index (χ1) is 15.2. The Morgan fingerprint density at radius 1 is 0.903 bits per heavy atom. The van der Waals surface area contributed by atoms with Gasteiger partial charge in [-0.2, -0.15) is 0 Å². The number of methoxy groups -OCH3 is 2. The van der Waals surface area contributed by atoms with Gasteiger partial charge < -0.3 is 28.8 Å². The lowest BCUT2D eigenvalue weighted by molar-refractivity contribution is -0.205. The summed E-state index contributed by atoms with van der Waals surface area (Å²) in [5, 5.41) is 9.96. The second-order valence-corrected chi connectivity index (χ2v) is 8.18. The molecule has 2 aliphatic heterocycles. The van der Waals surface area contributed by atoms with Crippen LogP contribution in [0, 0.1) is 0 Å².